The predicted octanol–water partition coefficient (Wildman–Crippen LogP) is 6.64. The van der Waals surface area contributed by atoms with E-state index in [4.69, 9.17) is 38.5 Å². The van der Waals surface area contributed by atoms with Crippen molar-refractivity contribution in [2.75, 3.05) is 18.3 Å². The first kappa shape index (κ1) is 37.5. The van der Waals surface area contributed by atoms with Crippen molar-refractivity contribution in [3.8, 4) is 0 Å². The number of aromatic nitrogens is 1. The molecule has 0 N–H and O–H groups in total. The molecule has 0 radical (unpaired) electrons. The number of carbonyl (C=O) groups excluding carboxylic acids is 4. The minimum atomic E-state index is -1.56. The van der Waals surface area contributed by atoms with E-state index in [0.29, 0.717) is 5.82 Å². The number of esters is 4. The molecule has 2 aliphatic heterocycles. The molecule has 5 atom stereocenters. The molecule has 0 unspecified atom stereocenters. The van der Waals surface area contributed by atoms with E-state index in [1.54, 1.807) is 127 Å². The number of hydrazone groups is 1. The Hall–Kier alpha value is -7.38. The average molecular weight is 778 g/mol. The molecule has 290 valence electrons. The van der Waals surface area contributed by atoms with Crippen molar-refractivity contribution in [1.29, 1.82) is 0 Å². The number of nitrogens with zero attached hydrogens (tertiary/aromatic N) is 3. The number of benzene rings is 5. The van der Waals surface area contributed by atoms with Crippen LogP contribution in [0, 0.1) is 0 Å². The molecule has 0 bridgehead atoms. The molecule has 1 saturated heterocycles. The third-order valence-corrected chi connectivity index (χ3v) is 9.43. The number of pyridine rings is 1. The maximum Gasteiger partial charge on any atom is 0.338 e. The van der Waals surface area contributed by atoms with Crippen molar-refractivity contribution >= 4 is 46.5 Å². The Bertz CT molecular complexity index is 2430. The van der Waals surface area contributed by atoms with Gasteiger partial charge in [0.1, 0.15) is 12.7 Å². The summed E-state index contributed by atoms with van der Waals surface area (Å²) < 4.78 is 37.0. The predicted molar refractivity (Wildman–Crippen MR) is 210 cm³/mol. The zero-order chi connectivity index (χ0) is 39.8. The molecule has 2 aliphatic rings. The van der Waals surface area contributed by atoms with Crippen LogP contribution in [0.25, 0.3) is 10.9 Å². The zero-order valence-electron chi connectivity index (χ0n) is 30.7. The molecule has 0 spiro atoms. The molecule has 13 heteroatoms. The Morgan fingerprint density at radius 2 is 1.03 bits per heavy atom. The van der Waals surface area contributed by atoms with Crippen LogP contribution in [0.3, 0.4) is 0 Å². The summed E-state index contributed by atoms with van der Waals surface area (Å²) in [7, 11) is 0. The molecule has 0 amide bonds. The summed E-state index contributed by atoms with van der Waals surface area (Å²) in [4.78, 5) is 59.6. The fourth-order valence-electron chi connectivity index (χ4n) is 6.53. The van der Waals surface area contributed by atoms with Crippen LogP contribution in [0.2, 0.25) is 0 Å². The number of fused-ring (bicyclic) bond motifs is 1. The largest absolute Gasteiger partial charge is 0.459 e. The first-order valence-electron chi connectivity index (χ1n) is 18.4. The highest BCUT2D eigenvalue weighted by atomic mass is 16.7. The quantitative estimate of drug-likeness (QED) is 0.102. The van der Waals surface area contributed by atoms with Gasteiger partial charge in [0.05, 0.1) is 27.8 Å². The number of para-hydroxylation sites is 1. The van der Waals surface area contributed by atoms with Gasteiger partial charge in [0.2, 0.25) is 5.90 Å². The van der Waals surface area contributed by atoms with Gasteiger partial charge < -0.3 is 28.4 Å². The lowest BCUT2D eigenvalue weighted by atomic mass is 9.93. The molecular weight excluding hydrogens is 743 g/mol. The van der Waals surface area contributed by atoms with Crippen LogP contribution < -0.4 is 5.01 Å². The lowest BCUT2D eigenvalue weighted by Gasteiger charge is -2.44. The third kappa shape index (κ3) is 8.39. The summed E-state index contributed by atoms with van der Waals surface area (Å²) in [6.07, 6.45) is -7.30. The van der Waals surface area contributed by atoms with Gasteiger partial charge in [0, 0.05) is 5.39 Å². The van der Waals surface area contributed by atoms with E-state index >= 15 is 0 Å². The van der Waals surface area contributed by atoms with Crippen LogP contribution in [0.1, 0.15) is 41.4 Å². The lowest BCUT2D eigenvalue weighted by molar-refractivity contribution is -0.215. The highest BCUT2D eigenvalue weighted by Crippen LogP contribution is 2.34. The normalized spacial score (nSPS) is 20.0. The zero-order valence-corrected chi connectivity index (χ0v) is 30.7. The number of carbonyl (C=O) groups is 4. The molecule has 1 aromatic heterocycles. The fraction of sp³-hybridized carbons (Fsp3) is 0.156. The number of rotatable bonds is 11. The molecule has 0 saturated carbocycles. The smallest absolute Gasteiger partial charge is 0.338 e. The second-order valence-electron chi connectivity index (χ2n) is 13.2. The maximum atomic E-state index is 13.9. The monoisotopic (exact) mass is 777 g/mol. The molecule has 6 aromatic rings. The first-order chi connectivity index (χ1) is 28.4. The van der Waals surface area contributed by atoms with Crippen molar-refractivity contribution in [1.82, 2.24) is 4.98 Å². The van der Waals surface area contributed by atoms with Crippen molar-refractivity contribution in [2.45, 2.75) is 30.5 Å². The van der Waals surface area contributed by atoms with Crippen LogP contribution in [0.15, 0.2) is 163 Å². The van der Waals surface area contributed by atoms with Gasteiger partial charge >= 0.3 is 23.9 Å². The number of hydrogen-bond acceptors (Lipinski definition) is 13. The minimum absolute atomic E-state index is 0.0613. The first-order valence-corrected chi connectivity index (χ1v) is 18.4. The van der Waals surface area contributed by atoms with Crippen LogP contribution in [-0.4, -0.2) is 78.6 Å². The Kier molecular flexibility index (Phi) is 11.1. The van der Waals surface area contributed by atoms with Gasteiger partial charge in [-0.25, -0.2) is 29.2 Å². The molecular formula is C45H35N3O10. The van der Waals surface area contributed by atoms with Crippen LogP contribution in [0.5, 0.6) is 0 Å². The molecule has 1 fully saturated rings. The number of hydrogen-bond donors (Lipinski definition) is 0. The van der Waals surface area contributed by atoms with Crippen molar-refractivity contribution in [3.05, 3.63) is 180 Å². The molecule has 8 rings (SSSR count). The van der Waals surface area contributed by atoms with Gasteiger partial charge in [0.25, 0.3) is 0 Å². The van der Waals surface area contributed by atoms with Crippen LogP contribution in [-0.2, 0) is 28.4 Å². The van der Waals surface area contributed by atoms with E-state index < -0.39 is 61.0 Å². The SMILES string of the molecule is O=C(OC[C@H]1O[C@@H](C2=NN(c3ccc4ccccc4n3)CO2)[C@H](OC(=O)c2ccccc2)[C@@H](OC(=O)c2ccccc2)[C@@H]1OC(=O)c1ccccc1)c1ccccc1. The van der Waals surface area contributed by atoms with Crippen LogP contribution >= 0.6 is 0 Å². The van der Waals surface area contributed by atoms with E-state index in [1.165, 1.54) is 5.01 Å². The Labute approximate surface area is 332 Å². The highest BCUT2D eigenvalue weighted by Gasteiger charge is 2.56. The summed E-state index contributed by atoms with van der Waals surface area (Å²) in [5, 5.41) is 7.12. The Balaban J connectivity index is 1.21. The topological polar surface area (TPSA) is 152 Å². The van der Waals surface area contributed by atoms with Gasteiger partial charge in [-0.05, 0) is 66.7 Å². The van der Waals surface area contributed by atoms with E-state index in [1.807, 2.05) is 30.3 Å². The summed E-state index contributed by atoms with van der Waals surface area (Å²) >= 11 is 0. The fourth-order valence-corrected chi connectivity index (χ4v) is 6.53. The molecule has 5 aromatic carbocycles. The number of ether oxygens (including phenoxy) is 6. The number of anilines is 1. The summed E-state index contributed by atoms with van der Waals surface area (Å²) in [6, 6.07) is 44.0. The van der Waals surface area contributed by atoms with E-state index in [-0.39, 0.29) is 34.9 Å². The van der Waals surface area contributed by atoms with E-state index in [2.05, 4.69) is 0 Å². The molecule has 0 aliphatic carbocycles. The van der Waals surface area contributed by atoms with Crippen molar-refractivity contribution in [2.24, 2.45) is 5.10 Å². The lowest BCUT2D eigenvalue weighted by Crippen LogP contribution is -2.64. The molecule has 3 heterocycles. The summed E-state index contributed by atoms with van der Waals surface area (Å²) in [5.41, 5.74) is 1.52. The van der Waals surface area contributed by atoms with Gasteiger partial charge in [-0.15, -0.1) is 5.10 Å². The van der Waals surface area contributed by atoms with Gasteiger partial charge in [-0.1, -0.05) is 91.0 Å². The van der Waals surface area contributed by atoms with E-state index in [0.717, 1.165) is 10.9 Å². The van der Waals surface area contributed by atoms with Gasteiger partial charge in [0.15, 0.2) is 37.0 Å². The van der Waals surface area contributed by atoms with E-state index in [9.17, 15) is 19.2 Å². The van der Waals surface area contributed by atoms with Gasteiger partial charge in [-0.2, -0.15) is 0 Å². The third-order valence-electron chi connectivity index (χ3n) is 9.43. The standard InChI is InChI=1S/C45H35N3O10/c49-42(30-16-5-1-6-17-30)53-27-35-37(56-43(50)31-18-7-2-8-19-31)38(57-44(51)32-20-9-3-10-21-32)39(58-45(52)33-22-11-4-12-23-33)40(55-35)41-47-48(28-54-41)36-26-25-29-15-13-14-24-34(29)46-36/h1-26,35,37-40H,27-28H2/t35-,37-,38+,39-,40-/m1/s1. The second-order valence-corrected chi connectivity index (χ2v) is 13.2. The molecule has 58 heavy (non-hydrogen) atoms. The maximum absolute atomic E-state index is 13.9. The van der Waals surface area contributed by atoms with Crippen molar-refractivity contribution in [3.63, 3.8) is 0 Å². The highest BCUT2D eigenvalue weighted by molar-refractivity contribution is 5.93. The second kappa shape index (κ2) is 17.2. The summed E-state index contributed by atoms with van der Waals surface area (Å²) in [6.45, 7) is -0.590. The van der Waals surface area contributed by atoms with Crippen molar-refractivity contribution < 1.29 is 47.6 Å². The van der Waals surface area contributed by atoms with Crippen LogP contribution in [0.4, 0.5) is 5.82 Å². The Morgan fingerprint density at radius 3 is 1.60 bits per heavy atom. The Morgan fingerprint density at radius 1 is 0.552 bits per heavy atom. The van der Waals surface area contributed by atoms with Gasteiger partial charge in [-0.3, -0.25) is 0 Å². The summed E-state index contributed by atoms with van der Waals surface area (Å²) in [5.74, 6) is -2.71. The molecule has 13 nitrogen and oxygen atoms in total. The minimum Gasteiger partial charge on any atom is -0.459 e. The average Bonchev–Trinajstić information content (AvgIpc) is 3.78.